The molecule has 0 saturated heterocycles. The number of anilines is 1. The van der Waals surface area contributed by atoms with E-state index in [2.05, 4.69) is 4.90 Å². The Morgan fingerprint density at radius 2 is 1.82 bits per heavy atom. The maximum Gasteiger partial charge on any atom is 0.233 e. The standard InChI is InChI=1S/C22H27N3O2S/c1-4-27-18-12-10-17(11-13-18)16-21(26)25(15-7-14-24(2)3)22-23-19-8-5-6-9-20(19)28-22/h5-6,8-13H,4,7,14-16H2,1-3H3. The first-order chi connectivity index (χ1) is 13.6. The Kier molecular flexibility index (Phi) is 7.01. The SMILES string of the molecule is CCOc1ccc(CC(=O)N(CCCN(C)C)c2nc3ccccc3s2)cc1. The van der Waals surface area contributed by atoms with Crippen LogP contribution in [0.4, 0.5) is 5.13 Å². The molecule has 0 fully saturated rings. The van der Waals surface area contributed by atoms with Crippen molar-refractivity contribution in [3.63, 3.8) is 0 Å². The highest BCUT2D eigenvalue weighted by Crippen LogP contribution is 2.29. The topological polar surface area (TPSA) is 45.7 Å². The van der Waals surface area contributed by atoms with Gasteiger partial charge in [0.2, 0.25) is 5.91 Å². The monoisotopic (exact) mass is 397 g/mol. The van der Waals surface area contributed by atoms with E-state index in [0.29, 0.717) is 19.6 Å². The van der Waals surface area contributed by atoms with Gasteiger partial charge in [-0.2, -0.15) is 0 Å². The zero-order chi connectivity index (χ0) is 19.9. The van der Waals surface area contributed by atoms with E-state index in [4.69, 9.17) is 9.72 Å². The van der Waals surface area contributed by atoms with Crippen molar-refractivity contribution >= 4 is 32.6 Å². The number of hydrogen-bond donors (Lipinski definition) is 0. The van der Waals surface area contributed by atoms with Gasteiger partial charge in [0.15, 0.2) is 5.13 Å². The molecule has 1 aromatic heterocycles. The minimum Gasteiger partial charge on any atom is -0.494 e. The van der Waals surface area contributed by atoms with E-state index in [1.165, 1.54) is 0 Å². The number of fused-ring (bicyclic) bond motifs is 1. The van der Waals surface area contributed by atoms with Crippen molar-refractivity contribution in [2.24, 2.45) is 0 Å². The molecule has 148 valence electrons. The van der Waals surface area contributed by atoms with Crippen LogP contribution in [0.25, 0.3) is 10.2 Å². The second kappa shape index (κ2) is 9.66. The zero-order valence-electron chi connectivity index (χ0n) is 16.7. The maximum absolute atomic E-state index is 13.1. The van der Waals surface area contributed by atoms with Gasteiger partial charge in [-0.15, -0.1) is 0 Å². The minimum absolute atomic E-state index is 0.0713. The second-order valence-corrected chi connectivity index (χ2v) is 7.93. The Morgan fingerprint density at radius 1 is 1.07 bits per heavy atom. The predicted octanol–water partition coefficient (Wildman–Crippen LogP) is 4.22. The third kappa shape index (κ3) is 5.30. The summed E-state index contributed by atoms with van der Waals surface area (Å²) in [5.74, 6) is 0.898. The molecule has 0 aliphatic heterocycles. The Bertz CT molecular complexity index is 873. The molecule has 2 aromatic carbocycles. The van der Waals surface area contributed by atoms with Crippen molar-refractivity contribution in [2.45, 2.75) is 19.8 Å². The van der Waals surface area contributed by atoms with E-state index in [1.54, 1.807) is 11.3 Å². The van der Waals surface area contributed by atoms with Crippen molar-refractivity contribution in [2.75, 3.05) is 38.7 Å². The van der Waals surface area contributed by atoms with Crippen molar-refractivity contribution in [1.29, 1.82) is 0 Å². The van der Waals surface area contributed by atoms with Crippen LogP contribution in [0.5, 0.6) is 5.75 Å². The Balaban J connectivity index is 1.77. The van der Waals surface area contributed by atoms with E-state index in [9.17, 15) is 4.79 Å². The molecule has 0 saturated carbocycles. The molecule has 3 aromatic rings. The van der Waals surface area contributed by atoms with Gasteiger partial charge in [-0.05, 0) is 63.8 Å². The van der Waals surface area contributed by atoms with Crippen LogP contribution in [0.15, 0.2) is 48.5 Å². The van der Waals surface area contributed by atoms with Crippen molar-refractivity contribution in [3.05, 3.63) is 54.1 Å². The van der Waals surface area contributed by atoms with E-state index in [0.717, 1.165) is 39.6 Å². The second-order valence-electron chi connectivity index (χ2n) is 6.92. The summed E-state index contributed by atoms with van der Waals surface area (Å²) in [6.07, 6.45) is 1.25. The summed E-state index contributed by atoms with van der Waals surface area (Å²) in [5.41, 5.74) is 1.92. The molecular formula is C22H27N3O2S. The van der Waals surface area contributed by atoms with E-state index in [1.807, 2.05) is 74.4 Å². The summed E-state index contributed by atoms with van der Waals surface area (Å²) in [7, 11) is 4.09. The number of hydrogen-bond acceptors (Lipinski definition) is 5. The largest absolute Gasteiger partial charge is 0.494 e. The predicted molar refractivity (Wildman–Crippen MR) is 116 cm³/mol. The zero-order valence-corrected chi connectivity index (χ0v) is 17.5. The van der Waals surface area contributed by atoms with Crippen LogP contribution < -0.4 is 9.64 Å². The molecule has 0 bridgehead atoms. The molecule has 0 unspecified atom stereocenters. The lowest BCUT2D eigenvalue weighted by Gasteiger charge is -2.21. The maximum atomic E-state index is 13.1. The Hall–Kier alpha value is -2.44. The quantitative estimate of drug-likeness (QED) is 0.542. The first-order valence-electron chi connectivity index (χ1n) is 9.59. The smallest absolute Gasteiger partial charge is 0.233 e. The number of benzene rings is 2. The van der Waals surface area contributed by atoms with E-state index < -0.39 is 0 Å². The average Bonchev–Trinajstić information content (AvgIpc) is 3.10. The molecule has 0 atom stereocenters. The summed E-state index contributed by atoms with van der Waals surface area (Å²) < 4.78 is 6.58. The summed E-state index contributed by atoms with van der Waals surface area (Å²) in [6, 6.07) is 15.8. The lowest BCUT2D eigenvalue weighted by atomic mass is 10.1. The number of carbonyl (C=O) groups excluding carboxylic acids is 1. The molecule has 0 N–H and O–H groups in total. The van der Waals surface area contributed by atoms with Gasteiger partial charge < -0.3 is 9.64 Å². The molecule has 0 aliphatic rings. The number of rotatable bonds is 9. The number of para-hydroxylation sites is 1. The lowest BCUT2D eigenvalue weighted by molar-refractivity contribution is -0.118. The van der Waals surface area contributed by atoms with Crippen LogP contribution in [0, 0.1) is 0 Å². The Labute approximate surface area is 170 Å². The molecule has 0 aliphatic carbocycles. The number of thiazole rings is 1. The van der Waals surface area contributed by atoms with E-state index in [-0.39, 0.29) is 5.91 Å². The van der Waals surface area contributed by atoms with Crippen LogP contribution >= 0.6 is 11.3 Å². The first kappa shape index (κ1) is 20.3. The highest BCUT2D eigenvalue weighted by Gasteiger charge is 2.20. The van der Waals surface area contributed by atoms with Gasteiger partial charge in [-0.25, -0.2) is 4.98 Å². The molecule has 3 rings (SSSR count). The van der Waals surface area contributed by atoms with Crippen LogP contribution in [0.2, 0.25) is 0 Å². The number of amides is 1. The van der Waals surface area contributed by atoms with E-state index >= 15 is 0 Å². The third-order valence-corrected chi connectivity index (χ3v) is 5.45. The van der Waals surface area contributed by atoms with Gasteiger partial charge in [0, 0.05) is 6.54 Å². The summed E-state index contributed by atoms with van der Waals surface area (Å²) >= 11 is 1.57. The molecule has 0 spiro atoms. The first-order valence-corrected chi connectivity index (χ1v) is 10.4. The molecule has 28 heavy (non-hydrogen) atoms. The fourth-order valence-electron chi connectivity index (χ4n) is 2.99. The average molecular weight is 398 g/mol. The third-order valence-electron chi connectivity index (χ3n) is 4.39. The van der Waals surface area contributed by atoms with Crippen LogP contribution in [-0.4, -0.2) is 49.6 Å². The fraction of sp³-hybridized carbons (Fsp3) is 0.364. The molecule has 6 heteroatoms. The summed E-state index contributed by atoms with van der Waals surface area (Å²) in [6.45, 7) is 4.18. The number of aromatic nitrogens is 1. The highest BCUT2D eigenvalue weighted by atomic mass is 32.1. The molecule has 1 heterocycles. The van der Waals surface area contributed by atoms with Crippen LogP contribution in [0.3, 0.4) is 0 Å². The van der Waals surface area contributed by atoms with Gasteiger partial charge >= 0.3 is 0 Å². The lowest BCUT2D eigenvalue weighted by Crippen LogP contribution is -2.34. The van der Waals surface area contributed by atoms with Crippen LogP contribution in [0.1, 0.15) is 18.9 Å². The van der Waals surface area contributed by atoms with Gasteiger partial charge in [0.05, 0.1) is 23.2 Å². The molecule has 0 radical (unpaired) electrons. The van der Waals surface area contributed by atoms with Gasteiger partial charge in [-0.1, -0.05) is 35.6 Å². The molecule has 5 nitrogen and oxygen atoms in total. The highest BCUT2D eigenvalue weighted by molar-refractivity contribution is 7.22. The van der Waals surface area contributed by atoms with Gasteiger partial charge in [-0.3, -0.25) is 9.69 Å². The number of carbonyl (C=O) groups is 1. The number of nitrogens with zero attached hydrogens (tertiary/aromatic N) is 3. The van der Waals surface area contributed by atoms with Crippen molar-refractivity contribution in [1.82, 2.24) is 9.88 Å². The van der Waals surface area contributed by atoms with Crippen molar-refractivity contribution in [3.8, 4) is 5.75 Å². The van der Waals surface area contributed by atoms with Crippen molar-refractivity contribution < 1.29 is 9.53 Å². The summed E-state index contributed by atoms with van der Waals surface area (Å²) in [5, 5.41) is 0.774. The molecular weight excluding hydrogens is 370 g/mol. The minimum atomic E-state index is 0.0713. The molecule has 1 amide bonds. The van der Waals surface area contributed by atoms with Crippen LogP contribution in [-0.2, 0) is 11.2 Å². The normalized spacial score (nSPS) is 11.1. The Morgan fingerprint density at radius 3 is 2.50 bits per heavy atom. The van der Waals surface area contributed by atoms with Gasteiger partial charge in [0.25, 0.3) is 0 Å². The fourth-order valence-corrected chi connectivity index (χ4v) is 4.00. The van der Waals surface area contributed by atoms with Gasteiger partial charge in [0.1, 0.15) is 5.75 Å². The number of ether oxygens (including phenoxy) is 1. The summed E-state index contributed by atoms with van der Waals surface area (Å²) in [4.78, 5) is 21.8.